The van der Waals surface area contributed by atoms with Crippen molar-refractivity contribution in [3.8, 4) is 0 Å². The second kappa shape index (κ2) is 3.07. The van der Waals surface area contributed by atoms with Crippen molar-refractivity contribution in [1.29, 1.82) is 0 Å². The van der Waals surface area contributed by atoms with E-state index in [2.05, 4.69) is 18.7 Å². The van der Waals surface area contributed by atoms with E-state index in [9.17, 15) is 10.1 Å². The highest BCUT2D eigenvalue weighted by atomic mass is 17.0. The third kappa shape index (κ3) is 2.06. The van der Waals surface area contributed by atoms with Crippen molar-refractivity contribution in [2.75, 3.05) is 0 Å². The molecule has 1 fully saturated rings. The van der Waals surface area contributed by atoms with Gasteiger partial charge in [-0.1, -0.05) is 13.8 Å². The molecule has 0 unspecified atom stereocenters. The number of rotatable bonds is 3. The lowest BCUT2D eigenvalue weighted by Gasteiger charge is -2.35. The van der Waals surface area contributed by atoms with Crippen LogP contribution in [0.4, 0.5) is 0 Å². The molecule has 0 aliphatic heterocycles. The first-order valence-corrected chi connectivity index (χ1v) is 3.90. The van der Waals surface area contributed by atoms with E-state index in [0.29, 0.717) is 11.8 Å². The van der Waals surface area contributed by atoms with Crippen LogP contribution < -0.4 is 0 Å². The highest BCUT2D eigenvalue weighted by Gasteiger charge is 2.33. The summed E-state index contributed by atoms with van der Waals surface area (Å²) in [5.74, 6) is 1.25. The molecule has 4 nitrogen and oxygen atoms in total. The van der Waals surface area contributed by atoms with Crippen LogP contribution in [0, 0.1) is 22.0 Å². The molecule has 64 valence electrons. The predicted molar refractivity (Wildman–Crippen MR) is 39.4 cm³/mol. The average molecular weight is 159 g/mol. The topological polar surface area (TPSA) is 52.4 Å². The van der Waals surface area contributed by atoms with Gasteiger partial charge in [0.1, 0.15) is 6.10 Å². The molecular weight excluding hydrogens is 146 g/mol. The standard InChI is InChI=1S/C7H13NO3/c1-5(2)6-3-7(4-6)11-8(9)10/h5-7H,3-4H2,1-2H3. The van der Waals surface area contributed by atoms with Crippen LogP contribution in [-0.4, -0.2) is 11.2 Å². The van der Waals surface area contributed by atoms with Crippen LogP contribution >= 0.6 is 0 Å². The molecule has 0 atom stereocenters. The van der Waals surface area contributed by atoms with Crippen LogP contribution in [-0.2, 0) is 4.84 Å². The molecule has 1 aliphatic carbocycles. The van der Waals surface area contributed by atoms with Crippen LogP contribution in [0.25, 0.3) is 0 Å². The molecule has 0 N–H and O–H groups in total. The normalized spacial score (nSPS) is 29.7. The molecule has 0 saturated heterocycles. The Morgan fingerprint density at radius 3 is 2.45 bits per heavy atom. The van der Waals surface area contributed by atoms with Crippen molar-refractivity contribution >= 4 is 0 Å². The van der Waals surface area contributed by atoms with Gasteiger partial charge in [0, 0.05) is 0 Å². The quantitative estimate of drug-likeness (QED) is 0.464. The highest BCUT2D eigenvalue weighted by molar-refractivity contribution is 4.81. The predicted octanol–water partition coefficient (Wildman–Crippen LogP) is 1.63. The van der Waals surface area contributed by atoms with Gasteiger partial charge in [0.25, 0.3) is 5.09 Å². The van der Waals surface area contributed by atoms with Crippen molar-refractivity contribution < 1.29 is 9.92 Å². The Balaban J connectivity index is 2.14. The van der Waals surface area contributed by atoms with Gasteiger partial charge in [-0.25, -0.2) is 0 Å². The zero-order valence-electron chi connectivity index (χ0n) is 6.82. The minimum atomic E-state index is -0.693. The van der Waals surface area contributed by atoms with Gasteiger partial charge in [-0.15, -0.1) is 10.1 Å². The summed E-state index contributed by atoms with van der Waals surface area (Å²) in [6.45, 7) is 4.26. The van der Waals surface area contributed by atoms with E-state index in [-0.39, 0.29) is 6.10 Å². The molecule has 0 bridgehead atoms. The molecule has 11 heavy (non-hydrogen) atoms. The maximum absolute atomic E-state index is 9.86. The molecule has 0 heterocycles. The van der Waals surface area contributed by atoms with Crippen LogP contribution in [0.2, 0.25) is 0 Å². The van der Waals surface area contributed by atoms with Gasteiger partial charge in [0.15, 0.2) is 0 Å². The van der Waals surface area contributed by atoms with Gasteiger partial charge in [-0.3, -0.25) is 0 Å². The van der Waals surface area contributed by atoms with Crippen molar-refractivity contribution in [3.63, 3.8) is 0 Å². The molecule has 1 rings (SSSR count). The third-order valence-corrected chi connectivity index (χ3v) is 2.31. The maximum Gasteiger partial charge on any atom is 0.294 e. The first-order chi connectivity index (χ1) is 5.09. The minimum absolute atomic E-state index is 0.127. The molecule has 0 amide bonds. The Bertz CT molecular complexity index is 152. The van der Waals surface area contributed by atoms with Gasteiger partial charge >= 0.3 is 0 Å². The lowest BCUT2D eigenvalue weighted by Crippen LogP contribution is -2.35. The van der Waals surface area contributed by atoms with Crippen molar-refractivity contribution in [1.82, 2.24) is 0 Å². The van der Waals surface area contributed by atoms with Gasteiger partial charge in [0.2, 0.25) is 0 Å². The molecular formula is C7H13NO3. The Morgan fingerprint density at radius 2 is 2.09 bits per heavy atom. The Kier molecular flexibility index (Phi) is 2.31. The van der Waals surface area contributed by atoms with E-state index in [1.807, 2.05) is 0 Å². The minimum Gasteiger partial charge on any atom is -0.311 e. The summed E-state index contributed by atoms with van der Waals surface area (Å²) in [4.78, 5) is 14.3. The molecule has 1 saturated carbocycles. The van der Waals surface area contributed by atoms with E-state index < -0.39 is 5.09 Å². The summed E-state index contributed by atoms with van der Waals surface area (Å²) < 4.78 is 0. The molecule has 0 aromatic heterocycles. The Labute approximate surface area is 65.6 Å². The first kappa shape index (κ1) is 8.30. The number of hydrogen-bond acceptors (Lipinski definition) is 3. The van der Waals surface area contributed by atoms with E-state index >= 15 is 0 Å². The van der Waals surface area contributed by atoms with Crippen molar-refractivity contribution in [2.24, 2.45) is 11.8 Å². The van der Waals surface area contributed by atoms with Gasteiger partial charge in [-0.2, -0.15) is 0 Å². The van der Waals surface area contributed by atoms with Crippen LogP contribution in [0.15, 0.2) is 0 Å². The van der Waals surface area contributed by atoms with E-state index in [1.54, 1.807) is 0 Å². The highest BCUT2D eigenvalue weighted by Crippen LogP contribution is 2.35. The van der Waals surface area contributed by atoms with E-state index in [1.165, 1.54) is 0 Å². The van der Waals surface area contributed by atoms with Crippen molar-refractivity contribution in [2.45, 2.75) is 32.8 Å². The summed E-state index contributed by atoms with van der Waals surface area (Å²) in [5, 5.41) is 9.17. The monoisotopic (exact) mass is 159 g/mol. The summed E-state index contributed by atoms with van der Waals surface area (Å²) in [6, 6.07) is 0. The SMILES string of the molecule is CC(C)C1CC(O[N+](=O)[O-])C1. The second-order valence-corrected chi connectivity index (χ2v) is 3.43. The van der Waals surface area contributed by atoms with Crippen LogP contribution in [0.5, 0.6) is 0 Å². The summed E-state index contributed by atoms with van der Waals surface area (Å²) in [7, 11) is 0. The van der Waals surface area contributed by atoms with Gasteiger partial charge in [-0.05, 0) is 24.7 Å². The fourth-order valence-corrected chi connectivity index (χ4v) is 1.36. The third-order valence-electron chi connectivity index (χ3n) is 2.31. The summed E-state index contributed by atoms with van der Waals surface area (Å²) in [5.41, 5.74) is 0. The molecule has 0 spiro atoms. The second-order valence-electron chi connectivity index (χ2n) is 3.43. The summed E-state index contributed by atoms with van der Waals surface area (Å²) >= 11 is 0. The lowest BCUT2D eigenvalue weighted by atomic mass is 9.75. The lowest BCUT2D eigenvalue weighted by molar-refractivity contribution is -0.772. The largest absolute Gasteiger partial charge is 0.311 e. The van der Waals surface area contributed by atoms with Crippen molar-refractivity contribution in [3.05, 3.63) is 10.1 Å². The number of nitrogens with zero attached hydrogens (tertiary/aromatic N) is 1. The Morgan fingerprint density at radius 1 is 1.55 bits per heavy atom. The molecule has 0 radical (unpaired) electrons. The van der Waals surface area contributed by atoms with Gasteiger partial charge < -0.3 is 4.84 Å². The summed E-state index contributed by atoms with van der Waals surface area (Å²) in [6.07, 6.45) is 1.56. The molecule has 1 aliphatic rings. The van der Waals surface area contributed by atoms with Crippen LogP contribution in [0.1, 0.15) is 26.7 Å². The molecule has 4 heteroatoms. The number of hydrogen-bond donors (Lipinski definition) is 0. The molecule has 0 aromatic carbocycles. The smallest absolute Gasteiger partial charge is 0.294 e. The van der Waals surface area contributed by atoms with E-state index in [0.717, 1.165) is 12.8 Å². The fraction of sp³-hybridized carbons (Fsp3) is 1.00. The average Bonchev–Trinajstić information content (AvgIpc) is 1.75. The van der Waals surface area contributed by atoms with Gasteiger partial charge in [0.05, 0.1) is 0 Å². The first-order valence-electron chi connectivity index (χ1n) is 3.90. The zero-order valence-corrected chi connectivity index (χ0v) is 6.82. The Hall–Kier alpha value is -0.800. The van der Waals surface area contributed by atoms with E-state index in [4.69, 9.17) is 0 Å². The van der Waals surface area contributed by atoms with Crippen LogP contribution in [0.3, 0.4) is 0 Å². The zero-order chi connectivity index (χ0) is 8.43. The fourth-order valence-electron chi connectivity index (χ4n) is 1.36. The molecule has 0 aromatic rings. The maximum atomic E-state index is 9.86.